The minimum atomic E-state index is -0.470. The van der Waals surface area contributed by atoms with Crippen molar-refractivity contribution < 1.29 is 18.7 Å². The summed E-state index contributed by atoms with van der Waals surface area (Å²) in [6.07, 6.45) is 1.51. The van der Waals surface area contributed by atoms with Crippen LogP contribution in [0.4, 0.5) is 4.39 Å². The maximum Gasteiger partial charge on any atom is 0.153 e. The molecule has 0 aromatic heterocycles. The number of benzene rings is 2. The minimum Gasteiger partial charge on any atom is -0.494 e. The number of carbonyl (C=O) groups excluding carboxylic acids is 1. The van der Waals surface area contributed by atoms with Crippen molar-refractivity contribution in [3.63, 3.8) is 0 Å². The molecular weight excluding hydrogens is 259 g/mol. The number of hydrogen-bond acceptors (Lipinski definition) is 3. The van der Waals surface area contributed by atoms with E-state index in [1.807, 2.05) is 6.92 Å². The van der Waals surface area contributed by atoms with Crippen LogP contribution in [-0.2, 0) is 0 Å². The maximum atomic E-state index is 13.0. The third-order valence-corrected chi connectivity index (χ3v) is 2.62. The first-order chi connectivity index (χ1) is 9.72. The lowest BCUT2D eigenvalue weighted by Crippen LogP contribution is -1.95. The van der Waals surface area contributed by atoms with Crippen LogP contribution < -0.4 is 9.47 Å². The minimum absolute atomic E-state index is 0.177. The van der Waals surface area contributed by atoms with Crippen molar-refractivity contribution in [3.8, 4) is 17.2 Å². The van der Waals surface area contributed by atoms with Crippen LogP contribution in [0.1, 0.15) is 23.7 Å². The molecule has 2 aromatic carbocycles. The molecule has 0 aliphatic rings. The quantitative estimate of drug-likeness (QED) is 0.740. The fourth-order valence-electron chi connectivity index (χ4n) is 1.66. The van der Waals surface area contributed by atoms with Crippen molar-refractivity contribution in [2.45, 2.75) is 13.3 Å². The van der Waals surface area contributed by atoms with Gasteiger partial charge in [0.1, 0.15) is 23.1 Å². The van der Waals surface area contributed by atoms with E-state index in [0.29, 0.717) is 24.4 Å². The molecule has 0 aliphatic heterocycles. The fraction of sp³-hybridized carbons (Fsp3) is 0.188. The van der Waals surface area contributed by atoms with Gasteiger partial charge < -0.3 is 9.47 Å². The summed E-state index contributed by atoms with van der Waals surface area (Å²) < 4.78 is 24.0. The van der Waals surface area contributed by atoms with E-state index in [0.717, 1.165) is 18.2 Å². The van der Waals surface area contributed by atoms with Crippen molar-refractivity contribution in [3.05, 3.63) is 53.8 Å². The average molecular weight is 274 g/mol. The third-order valence-electron chi connectivity index (χ3n) is 2.62. The summed E-state index contributed by atoms with van der Waals surface area (Å²) in [7, 11) is 0. The van der Waals surface area contributed by atoms with E-state index in [9.17, 15) is 9.18 Å². The summed E-state index contributed by atoms with van der Waals surface area (Å²) in [4.78, 5) is 10.9. The summed E-state index contributed by atoms with van der Waals surface area (Å²) in [6, 6.07) is 10.9. The first-order valence-electron chi connectivity index (χ1n) is 6.38. The normalized spacial score (nSPS) is 10.1. The predicted octanol–water partition coefficient (Wildman–Crippen LogP) is 4.22. The van der Waals surface area contributed by atoms with Crippen molar-refractivity contribution in [2.24, 2.45) is 0 Å². The number of rotatable bonds is 6. The Labute approximate surface area is 117 Å². The molecule has 2 rings (SSSR count). The maximum absolute atomic E-state index is 13.0. The van der Waals surface area contributed by atoms with Crippen LogP contribution in [0.5, 0.6) is 17.2 Å². The highest BCUT2D eigenvalue weighted by molar-refractivity contribution is 5.79. The van der Waals surface area contributed by atoms with Gasteiger partial charge in [-0.05, 0) is 48.9 Å². The molecule has 0 amide bonds. The summed E-state index contributed by atoms with van der Waals surface area (Å²) in [5, 5.41) is 0. The zero-order chi connectivity index (χ0) is 14.4. The SMILES string of the molecule is CCCOc1ccc(Oc2ccc(F)cc2C=O)cc1. The molecule has 0 heterocycles. The van der Waals surface area contributed by atoms with Crippen molar-refractivity contribution in [1.29, 1.82) is 0 Å². The number of carbonyl (C=O) groups is 1. The van der Waals surface area contributed by atoms with E-state index in [1.54, 1.807) is 24.3 Å². The Morgan fingerprint density at radius 2 is 1.80 bits per heavy atom. The van der Waals surface area contributed by atoms with Gasteiger partial charge in [-0.3, -0.25) is 4.79 Å². The Morgan fingerprint density at radius 1 is 1.10 bits per heavy atom. The Hall–Kier alpha value is -2.36. The smallest absolute Gasteiger partial charge is 0.153 e. The Morgan fingerprint density at radius 3 is 2.45 bits per heavy atom. The molecule has 3 nitrogen and oxygen atoms in total. The molecule has 4 heteroatoms. The average Bonchev–Trinajstić information content (AvgIpc) is 2.48. The lowest BCUT2D eigenvalue weighted by Gasteiger charge is -2.09. The van der Waals surface area contributed by atoms with Crippen molar-refractivity contribution >= 4 is 6.29 Å². The highest BCUT2D eigenvalue weighted by atomic mass is 19.1. The highest BCUT2D eigenvalue weighted by Gasteiger charge is 2.06. The largest absolute Gasteiger partial charge is 0.494 e. The molecule has 104 valence electrons. The fourth-order valence-corrected chi connectivity index (χ4v) is 1.66. The van der Waals surface area contributed by atoms with Crippen molar-refractivity contribution in [1.82, 2.24) is 0 Å². The van der Waals surface area contributed by atoms with E-state index in [2.05, 4.69) is 0 Å². The monoisotopic (exact) mass is 274 g/mol. The van der Waals surface area contributed by atoms with E-state index >= 15 is 0 Å². The zero-order valence-corrected chi connectivity index (χ0v) is 11.1. The molecule has 0 fully saturated rings. The second kappa shape index (κ2) is 6.70. The topological polar surface area (TPSA) is 35.5 Å². The van der Waals surface area contributed by atoms with Crippen LogP contribution in [-0.4, -0.2) is 12.9 Å². The number of hydrogen-bond donors (Lipinski definition) is 0. The van der Waals surface area contributed by atoms with Crippen LogP contribution in [0.3, 0.4) is 0 Å². The Balaban J connectivity index is 2.12. The standard InChI is InChI=1S/C16H15FO3/c1-2-9-19-14-4-6-15(7-5-14)20-16-8-3-13(17)10-12(16)11-18/h3-8,10-11H,2,9H2,1H3. The predicted molar refractivity (Wildman–Crippen MR) is 74.1 cm³/mol. The molecule has 0 aliphatic carbocycles. The molecule has 0 N–H and O–H groups in total. The van der Waals surface area contributed by atoms with Crippen molar-refractivity contribution in [2.75, 3.05) is 6.61 Å². The first kappa shape index (κ1) is 14.1. The number of ether oxygens (including phenoxy) is 2. The van der Waals surface area contributed by atoms with Gasteiger partial charge in [-0.2, -0.15) is 0 Å². The van der Waals surface area contributed by atoms with E-state index in [-0.39, 0.29) is 5.56 Å². The van der Waals surface area contributed by atoms with Crippen LogP contribution in [0, 0.1) is 5.82 Å². The molecule has 0 radical (unpaired) electrons. The molecule has 2 aromatic rings. The van der Waals surface area contributed by atoms with E-state index < -0.39 is 5.82 Å². The second-order valence-corrected chi connectivity index (χ2v) is 4.22. The number of aldehydes is 1. The van der Waals surface area contributed by atoms with Gasteiger partial charge in [0.2, 0.25) is 0 Å². The molecular formula is C16H15FO3. The summed E-state index contributed by atoms with van der Waals surface area (Å²) in [5.41, 5.74) is 0.177. The van der Waals surface area contributed by atoms with Gasteiger partial charge in [-0.25, -0.2) is 4.39 Å². The molecule has 0 atom stereocenters. The lowest BCUT2D eigenvalue weighted by atomic mass is 10.2. The number of halogens is 1. The zero-order valence-electron chi connectivity index (χ0n) is 11.1. The van der Waals surface area contributed by atoms with Crippen LogP contribution in [0.2, 0.25) is 0 Å². The molecule has 0 spiro atoms. The lowest BCUT2D eigenvalue weighted by molar-refractivity contribution is 0.112. The molecule has 0 saturated carbocycles. The van der Waals surface area contributed by atoms with Gasteiger partial charge in [-0.1, -0.05) is 6.92 Å². The highest BCUT2D eigenvalue weighted by Crippen LogP contribution is 2.26. The Kier molecular flexibility index (Phi) is 4.71. The van der Waals surface area contributed by atoms with Gasteiger partial charge in [-0.15, -0.1) is 0 Å². The van der Waals surface area contributed by atoms with Gasteiger partial charge >= 0.3 is 0 Å². The first-order valence-corrected chi connectivity index (χ1v) is 6.38. The summed E-state index contributed by atoms with van der Waals surface area (Å²) in [6.45, 7) is 2.69. The molecule has 0 unspecified atom stereocenters. The third kappa shape index (κ3) is 3.57. The van der Waals surface area contributed by atoms with Gasteiger partial charge in [0.15, 0.2) is 6.29 Å². The van der Waals surface area contributed by atoms with Gasteiger partial charge in [0.25, 0.3) is 0 Å². The van der Waals surface area contributed by atoms with Crippen LogP contribution in [0.15, 0.2) is 42.5 Å². The van der Waals surface area contributed by atoms with Gasteiger partial charge in [0, 0.05) is 0 Å². The second-order valence-electron chi connectivity index (χ2n) is 4.22. The van der Waals surface area contributed by atoms with Crippen LogP contribution >= 0.6 is 0 Å². The molecule has 0 bridgehead atoms. The Bertz CT molecular complexity index is 579. The summed E-state index contributed by atoms with van der Waals surface area (Å²) >= 11 is 0. The molecule has 20 heavy (non-hydrogen) atoms. The van der Waals surface area contributed by atoms with Gasteiger partial charge in [0.05, 0.1) is 12.2 Å². The molecule has 0 saturated heterocycles. The van der Waals surface area contributed by atoms with Crippen LogP contribution in [0.25, 0.3) is 0 Å². The van der Waals surface area contributed by atoms with E-state index in [4.69, 9.17) is 9.47 Å². The summed E-state index contributed by atoms with van der Waals surface area (Å²) in [5.74, 6) is 1.17. The van der Waals surface area contributed by atoms with E-state index in [1.165, 1.54) is 12.1 Å².